The predicted molar refractivity (Wildman–Crippen MR) is 96.0 cm³/mol. The summed E-state index contributed by atoms with van der Waals surface area (Å²) in [5, 5.41) is 3.71. The van der Waals surface area contributed by atoms with Crippen LogP contribution in [0.3, 0.4) is 0 Å². The molecule has 0 saturated carbocycles. The first-order chi connectivity index (χ1) is 12.2. The Hall–Kier alpha value is -2.60. The summed E-state index contributed by atoms with van der Waals surface area (Å²) in [6, 6.07) is 9.62. The van der Waals surface area contributed by atoms with Gasteiger partial charge in [-0.15, -0.1) is 0 Å². The molecule has 1 fully saturated rings. The Morgan fingerprint density at radius 3 is 2.72 bits per heavy atom. The number of aromatic nitrogens is 2. The molecule has 1 aliphatic heterocycles. The summed E-state index contributed by atoms with van der Waals surface area (Å²) in [6.45, 7) is 1.56. The Balaban J connectivity index is 1.38. The Kier molecular flexibility index (Phi) is 4.28. The van der Waals surface area contributed by atoms with E-state index in [2.05, 4.69) is 20.2 Å². The highest BCUT2D eigenvalue weighted by Gasteiger charge is 2.24. The maximum atomic E-state index is 12.2. The minimum absolute atomic E-state index is 0.0580. The van der Waals surface area contributed by atoms with E-state index in [-0.39, 0.29) is 11.9 Å². The Morgan fingerprint density at radius 2 is 1.96 bits per heavy atom. The molecule has 128 valence electrons. The average Bonchev–Trinajstić information content (AvgIpc) is 3.06. The summed E-state index contributed by atoms with van der Waals surface area (Å²) in [6.07, 6.45) is 4.93. The maximum Gasteiger partial charge on any atom is 0.298 e. The number of hydrogen-bond donors (Lipinski definition) is 1. The first-order valence-corrected chi connectivity index (χ1v) is 8.59. The van der Waals surface area contributed by atoms with Crippen LogP contribution in [0.5, 0.6) is 0 Å². The SMILES string of the molecule is O=C(NC1CCN(c2nc3ccc(Cl)cc3o2)CC1)c1ccncc1. The van der Waals surface area contributed by atoms with Crippen LogP contribution in [0, 0.1) is 0 Å². The number of amides is 1. The fraction of sp³-hybridized carbons (Fsp3) is 0.278. The number of piperidine rings is 1. The number of halogens is 1. The fourth-order valence-electron chi connectivity index (χ4n) is 3.01. The quantitative estimate of drug-likeness (QED) is 0.779. The molecule has 4 rings (SSSR count). The van der Waals surface area contributed by atoms with Crippen LogP contribution in [-0.2, 0) is 0 Å². The standard InChI is InChI=1S/C18H17ClN4O2/c19-13-1-2-15-16(11-13)25-18(22-15)23-9-5-14(6-10-23)21-17(24)12-3-7-20-8-4-12/h1-4,7-8,11,14H,5-6,9-10H2,(H,21,24). The van der Waals surface area contributed by atoms with E-state index < -0.39 is 0 Å². The molecule has 1 aromatic carbocycles. The predicted octanol–water partition coefficient (Wildman–Crippen LogP) is 3.28. The number of nitrogens with zero attached hydrogens (tertiary/aromatic N) is 3. The van der Waals surface area contributed by atoms with Crippen molar-refractivity contribution in [3.05, 3.63) is 53.3 Å². The van der Waals surface area contributed by atoms with Gasteiger partial charge in [0, 0.05) is 48.2 Å². The molecule has 25 heavy (non-hydrogen) atoms. The van der Waals surface area contributed by atoms with Gasteiger partial charge < -0.3 is 14.6 Å². The summed E-state index contributed by atoms with van der Waals surface area (Å²) in [5.74, 6) is -0.0580. The van der Waals surface area contributed by atoms with Gasteiger partial charge in [-0.1, -0.05) is 11.6 Å². The minimum atomic E-state index is -0.0580. The van der Waals surface area contributed by atoms with Crippen molar-refractivity contribution in [2.75, 3.05) is 18.0 Å². The number of anilines is 1. The molecule has 3 heterocycles. The van der Waals surface area contributed by atoms with Crippen LogP contribution in [0.2, 0.25) is 5.02 Å². The van der Waals surface area contributed by atoms with Crippen molar-refractivity contribution in [3.63, 3.8) is 0 Å². The van der Waals surface area contributed by atoms with Crippen molar-refractivity contribution in [3.8, 4) is 0 Å². The molecule has 1 saturated heterocycles. The largest absolute Gasteiger partial charge is 0.423 e. The van der Waals surface area contributed by atoms with E-state index >= 15 is 0 Å². The Bertz CT molecular complexity index is 888. The molecule has 1 N–H and O–H groups in total. The van der Waals surface area contributed by atoms with E-state index in [1.54, 1.807) is 36.7 Å². The average molecular weight is 357 g/mol. The number of oxazole rings is 1. The zero-order valence-electron chi connectivity index (χ0n) is 13.5. The highest BCUT2D eigenvalue weighted by molar-refractivity contribution is 6.31. The first kappa shape index (κ1) is 15.9. The van der Waals surface area contributed by atoms with Gasteiger partial charge in [0.1, 0.15) is 5.52 Å². The molecule has 3 aromatic rings. The minimum Gasteiger partial charge on any atom is -0.423 e. The molecule has 1 amide bonds. The lowest BCUT2D eigenvalue weighted by atomic mass is 10.0. The summed E-state index contributed by atoms with van der Waals surface area (Å²) in [5.41, 5.74) is 2.12. The van der Waals surface area contributed by atoms with Gasteiger partial charge >= 0.3 is 0 Å². The van der Waals surface area contributed by atoms with Crippen LogP contribution < -0.4 is 10.2 Å². The molecule has 6 nitrogen and oxygen atoms in total. The summed E-state index contributed by atoms with van der Waals surface area (Å²) in [4.78, 5) is 22.8. The van der Waals surface area contributed by atoms with Crippen molar-refractivity contribution in [2.45, 2.75) is 18.9 Å². The van der Waals surface area contributed by atoms with Crippen LogP contribution in [0.25, 0.3) is 11.1 Å². The second-order valence-electron chi connectivity index (χ2n) is 6.08. The van der Waals surface area contributed by atoms with E-state index in [1.165, 1.54) is 0 Å². The van der Waals surface area contributed by atoms with E-state index in [0.717, 1.165) is 31.4 Å². The van der Waals surface area contributed by atoms with E-state index in [4.69, 9.17) is 16.0 Å². The highest BCUT2D eigenvalue weighted by Crippen LogP contribution is 2.26. The summed E-state index contributed by atoms with van der Waals surface area (Å²) < 4.78 is 5.81. The Morgan fingerprint density at radius 1 is 1.20 bits per heavy atom. The number of hydrogen-bond acceptors (Lipinski definition) is 5. The van der Waals surface area contributed by atoms with Crippen molar-refractivity contribution in [2.24, 2.45) is 0 Å². The lowest BCUT2D eigenvalue weighted by Crippen LogP contribution is -2.44. The van der Waals surface area contributed by atoms with Crippen LogP contribution in [0.15, 0.2) is 47.1 Å². The number of nitrogens with one attached hydrogen (secondary N) is 1. The molecule has 0 radical (unpaired) electrons. The smallest absolute Gasteiger partial charge is 0.298 e. The van der Waals surface area contributed by atoms with Gasteiger partial charge in [-0.3, -0.25) is 9.78 Å². The molecular formula is C18H17ClN4O2. The molecular weight excluding hydrogens is 340 g/mol. The van der Waals surface area contributed by atoms with Gasteiger partial charge in [-0.05, 0) is 37.1 Å². The van der Waals surface area contributed by atoms with E-state index in [1.807, 2.05) is 6.07 Å². The van der Waals surface area contributed by atoms with Crippen molar-refractivity contribution >= 4 is 34.6 Å². The maximum absolute atomic E-state index is 12.2. The van der Waals surface area contributed by atoms with E-state index in [0.29, 0.717) is 22.2 Å². The molecule has 2 aromatic heterocycles. The normalized spacial score (nSPS) is 15.5. The van der Waals surface area contributed by atoms with Gasteiger partial charge in [-0.2, -0.15) is 4.98 Å². The lowest BCUT2D eigenvalue weighted by Gasteiger charge is -2.31. The van der Waals surface area contributed by atoms with E-state index in [9.17, 15) is 4.79 Å². The zero-order chi connectivity index (χ0) is 17.2. The van der Waals surface area contributed by atoms with Crippen LogP contribution >= 0.6 is 11.6 Å². The lowest BCUT2D eigenvalue weighted by molar-refractivity contribution is 0.0931. The van der Waals surface area contributed by atoms with Gasteiger partial charge in [0.15, 0.2) is 5.58 Å². The van der Waals surface area contributed by atoms with Crippen molar-refractivity contribution < 1.29 is 9.21 Å². The van der Waals surface area contributed by atoms with Gasteiger partial charge in [0.05, 0.1) is 0 Å². The molecule has 0 spiro atoms. The topological polar surface area (TPSA) is 71.3 Å². The van der Waals surface area contributed by atoms with Crippen LogP contribution in [0.1, 0.15) is 23.2 Å². The number of rotatable bonds is 3. The van der Waals surface area contributed by atoms with Crippen molar-refractivity contribution in [1.29, 1.82) is 0 Å². The Labute approximate surface area is 149 Å². The summed E-state index contributed by atoms with van der Waals surface area (Å²) >= 11 is 5.99. The second-order valence-corrected chi connectivity index (χ2v) is 6.52. The van der Waals surface area contributed by atoms with Crippen LogP contribution in [-0.4, -0.2) is 35.0 Å². The highest BCUT2D eigenvalue weighted by atomic mass is 35.5. The zero-order valence-corrected chi connectivity index (χ0v) is 14.2. The van der Waals surface area contributed by atoms with Crippen LogP contribution in [0.4, 0.5) is 6.01 Å². The van der Waals surface area contributed by atoms with Gasteiger partial charge in [0.25, 0.3) is 11.9 Å². The second kappa shape index (κ2) is 6.72. The fourth-order valence-corrected chi connectivity index (χ4v) is 3.17. The number of fused-ring (bicyclic) bond motifs is 1. The number of benzene rings is 1. The third-order valence-corrected chi connectivity index (χ3v) is 4.62. The molecule has 1 aliphatic rings. The number of carbonyl (C=O) groups excluding carboxylic acids is 1. The number of carbonyl (C=O) groups is 1. The molecule has 7 heteroatoms. The van der Waals surface area contributed by atoms with Crippen molar-refractivity contribution in [1.82, 2.24) is 15.3 Å². The molecule has 0 unspecified atom stereocenters. The third kappa shape index (κ3) is 3.44. The third-order valence-electron chi connectivity index (χ3n) is 4.38. The molecule has 0 atom stereocenters. The monoisotopic (exact) mass is 356 g/mol. The molecule has 0 bridgehead atoms. The van der Waals surface area contributed by atoms with Gasteiger partial charge in [0.2, 0.25) is 0 Å². The first-order valence-electron chi connectivity index (χ1n) is 8.21. The van der Waals surface area contributed by atoms with Gasteiger partial charge in [-0.25, -0.2) is 0 Å². The molecule has 0 aliphatic carbocycles. The number of pyridine rings is 1. The summed E-state index contributed by atoms with van der Waals surface area (Å²) in [7, 11) is 0.